The Balaban J connectivity index is 2.76. The highest BCUT2D eigenvalue weighted by Gasteiger charge is 2.14. The van der Waals surface area contributed by atoms with Gasteiger partial charge in [0.05, 0.1) is 18.0 Å². The van der Waals surface area contributed by atoms with E-state index in [1.165, 1.54) is 30.7 Å². The predicted octanol–water partition coefficient (Wildman–Crippen LogP) is 1.38. The molecule has 4 nitrogen and oxygen atoms in total. The van der Waals surface area contributed by atoms with Gasteiger partial charge in [0.15, 0.2) is 5.43 Å². The van der Waals surface area contributed by atoms with Gasteiger partial charge in [0.1, 0.15) is 4.88 Å². The Hall–Kier alpha value is -1.62. The molecule has 0 aliphatic carbocycles. The molecule has 0 fully saturated rings. The van der Waals surface area contributed by atoms with Crippen LogP contribution in [0.2, 0.25) is 0 Å². The lowest BCUT2D eigenvalue weighted by Crippen LogP contribution is -2.02. The first-order chi connectivity index (χ1) is 6.74. The lowest BCUT2D eigenvalue weighted by atomic mass is 10.3. The molecule has 2 aromatic rings. The van der Waals surface area contributed by atoms with Crippen LogP contribution in [0.25, 0.3) is 10.9 Å². The summed E-state index contributed by atoms with van der Waals surface area (Å²) in [5.41, 5.74) is 0.458. The van der Waals surface area contributed by atoms with E-state index in [9.17, 15) is 9.59 Å². The molecule has 14 heavy (non-hydrogen) atoms. The van der Waals surface area contributed by atoms with E-state index in [1.807, 2.05) is 0 Å². The van der Waals surface area contributed by atoms with Gasteiger partial charge < -0.3 is 9.72 Å². The number of ether oxygens (including phenoxy) is 1. The molecule has 0 saturated carbocycles. The van der Waals surface area contributed by atoms with Crippen LogP contribution in [0, 0.1) is 0 Å². The molecule has 1 N–H and O–H groups in total. The number of fused-ring (bicyclic) bond motifs is 1. The minimum atomic E-state index is -0.424. The maximum absolute atomic E-state index is 11.3. The molecule has 5 heteroatoms. The smallest absolute Gasteiger partial charge is 0.350 e. The van der Waals surface area contributed by atoms with Crippen LogP contribution in [0.3, 0.4) is 0 Å². The number of carbonyl (C=O) groups excluding carboxylic acids is 1. The average molecular weight is 209 g/mol. The summed E-state index contributed by atoms with van der Waals surface area (Å²) in [4.78, 5) is 25.9. The van der Waals surface area contributed by atoms with Gasteiger partial charge in [-0.1, -0.05) is 0 Å². The summed E-state index contributed by atoms with van der Waals surface area (Å²) < 4.78 is 4.59. The Bertz CT molecular complexity index is 540. The topological polar surface area (TPSA) is 59.2 Å². The Morgan fingerprint density at radius 1 is 1.57 bits per heavy atom. The van der Waals surface area contributed by atoms with E-state index >= 15 is 0 Å². The molecule has 0 amide bonds. The van der Waals surface area contributed by atoms with Gasteiger partial charge in [-0.15, -0.1) is 11.3 Å². The van der Waals surface area contributed by atoms with E-state index in [0.717, 1.165) is 0 Å². The number of nitrogens with one attached hydrogen (secondary N) is 1. The number of methoxy groups -OCH3 is 1. The first-order valence-corrected chi connectivity index (χ1v) is 4.79. The van der Waals surface area contributed by atoms with Crippen LogP contribution in [-0.4, -0.2) is 18.1 Å². The molecule has 0 unspecified atom stereocenters. The van der Waals surface area contributed by atoms with Gasteiger partial charge in [0, 0.05) is 17.6 Å². The zero-order chi connectivity index (χ0) is 10.1. The van der Waals surface area contributed by atoms with E-state index in [2.05, 4.69) is 9.72 Å². The molecular formula is C9H7NO3S. The lowest BCUT2D eigenvalue weighted by molar-refractivity contribution is 0.0608. The maximum Gasteiger partial charge on any atom is 0.350 e. The number of aromatic amines is 1. The van der Waals surface area contributed by atoms with Crippen molar-refractivity contribution < 1.29 is 9.53 Å². The molecule has 72 valence electrons. The van der Waals surface area contributed by atoms with Crippen LogP contribution in [-0.2, 0) is 4.74 Å². The van der Waals surface area contributed by atoms with Gasteiger partial charge in [-0.05, 0) is 0 Å². The Morgan fingerprint density at radius 2 is 2.36 bits per heavy atom. The van der Waals surface area contributed by atoms with Crippen molar-refractivity contribution in [2.45, 2.75) is 0 Å². The fourth-order valence-corrected chi connectivity index (χ4v) is 2.15. The standard InChI is InChI=1S/C9H7NO3S/c1-13-9(12)8-7-5(4-14-8)6(11)2-3-10-7/h2-4,10H,1H3. The molecular weight excluding hydrogens is 202 g/mol. The Kier molecular flexibility index (Phi) is 2.09. The van der Waals surface area contributed by atoms with Crippen molar-refractivity contribution in [2.75, 3.05) is 7.11 Å². The number of esters is 1. The monoisotopic (exact) mass is 209 g/mol. The minimum Gasteiger partial charge on any atom is -0.465 e. The average Bonchev–Trinajstić information content (AvgIpc) is 2.62. The maximum atomic E-state index is 11.3. The summed E-state index contributed by atoms with van der Waals surface area (Å²) in [6.45, 7) is 0. The first kappa shape index (κ1) is 8.96. The Labute approximate surface area is 83.1 Å². The number of hydrogen-bond donors (Lipinski definition) is 1. The Morgan fingerprint density at radius 3 is 3.07 bits per heavy atom. The quantitative estimate of drug-likeness (QED) is 0.722. The summed E-state index contributed by atoms with van der Waals surface area (Å²) in [6, 6.07) is 1.43. The van der Waals surface area contributed by atoms with Gasteiger partial charge in [-0.2, -0.15) is 0 Å². The highest BCUT2D eigenvalue weighted by molar-refractivity contribution is 7.13. The van der Waals surface area contributed by atoms with Crippen molar-refractivity contribution >= 4 is 28.2 Å². The molecule has 0 spiro atoms. The number of pyridine rings is 1. The van der Waals surface area contributed by atoms with Crippen molar-refractivity contribution in [3.05, 3.63) is 32.7 Å². The van der Waals surface area contributed by atoms with E-state index in [1.54, 1.807) is 5.38 Å². The van der Waals surface area contributed by atoms with Gasteiger partial charge in [-0.3, -0.25) is 4.79 Å². The molecule has 2 aromatic heterocycles. The largest absolute Gasteiger partial charge is 0.465 e. The third kappa shape index (κ3) is 1.22. The van der Waals surface area contributed by atoms with E-state index in [4.69, 9.17) is 0 Å². The van der Waals surface area contributed by atoms with Gasteiger partial charge in [-0.25, -0.2) is 4.79 Å². The first-order valence-electron chi connectivity index (χ1n) is 3.91. The predicted molar refractivity (Wildman–Crippen MR) is 53.8 cm³/mol. The van der Waals surface area contributed by atoms with Gasteiger partial charge in [0.25, 0.3) is 0 Å². The van der Waals surface area contributed by atoms with Crippen LogP contribution in [0.15, 0.2) is 22.4 Å². The summed E-state index contributed by atoms with van der Waals surface area (Å²) in [5, 5.41) is 2.18. The van der Waals surface area contributed by atoms with Crippen molar-refractivity contribution in [1.29, 1.82) is 0 Å². The number of aromatic nitrogens is 1. The lowest BCUT2D eigenvalue weighted by Gasteiger charge is -1.95. The number of H-pyrrole nitrogens is 1. The molecule has 2 heterocycles. The third-order valence-corrected chi connectivity index (χ3v) is 2.85. The van der Waals surface area contributed by atoms with Crippen LogP contribution in [0.1, 0.15) is 9.67 Å². The second-order valence-corrected chi connectivity index (χ2v) is 3.57. The zero-order valence-electron chi connectivity index (χ0n) is 7.37. The van der Waals surface area contributed by atoms with Crippen LogP contribution in [0.5, 0.6) is 0 Å². The second kappa shape index (κ2) is 3.26. The second-order valence-electron chi connectivity index (χ2n) is 2.69. The van der Waals surface area contributed by atoms with E-state index in [-0.39, 0.29) is 5.43 Å². The van der Waals surface area contributed by atoms with Crippen LogP contribution < -0.4 is 5.43 Å². The van der Waals surface area contributed by atoms with Gasteiger partial charge >= 0.3 is 5.97 Å². The number of thiophene rings is 1. The molecule has 0 atom stereocenters. The fourth-order valence-electron chi connectivity index (χ4n) is 1.22. The molecule has 0 aliphatic heterocycles. The minimum absolute atomic E-state index is 0.0925. The van der Waals surface area contributed by atoms with Crippen molar-refractivity contribution in [3.8, 4) is 0 Å². The van der Waals surface area contributed by atoms with Crippen molar-refractivity contribution in [2.24, 2.45) is 0 Å². The molecule has 0 aromatic carbocycles. The van der Waals surface area contributed by atoms with E-state index in [0.29, 0.717) is 15.8 Å². The summed E-state index contributed by atoms with van der Waals surface area (Å²) in [6.07, 6.45) is 1.52. The fraction of sp³-hybridized carbons (Fsp3) is 0.111. The number of rotatable bonds is 1. The molecule has 0 saturated heterocycles. The third-order valence-electron chi connectivity index (χ3n) is 1.89. The van der Waals surface area contributed by atoms with Crippen LogP contribution >= 0.6 is 11.3 Å². The number of hydrogen-bond acceptors (Lipinski definition) is 4. The van der Waals surface area contributed by atoms with E-state index < -0.39 is 5.97 Å². The van der Waals surface area contributed by atoms with Crippen molar-refractivity contribution in [3.63, 3.8) is 0 Å². The summed E-state index contributed by atoms with van der Waals surface area (Å²) >= 11 is 1.20. The summed E-state index contributed by atoms with van der Waals surface area (Å²) in [7, 11) is 1.31. The molecule has 2 rings (SSSR count). The van der Waals surface area contributed by atoms with Crippen molar-refractivity contribution in [1.82, 2.24) is 4.98 Å². The summed E-state index contributed by atoms with van der Waals surface area (Å²) in [5.74, 6) is -0.424. The SMILES string of the molecule is COC(=O)c1scc2c(=O)cc[nH]c12. The zero-order valence-corrected chi connectivity index (χ0v) is 8.18. The normalized spacial score (nSPS) is 10.4. The molecule has 0 aliphatic rings. The highest BCUT2D eigenvalue weighted by atomic mass is 32.1. The molecule has 0 radical (unpaired) electrons. The highest BCUT2D eigenvalue weighted by Crippen LogP contribution is 2.21. The number of carbonyl (C=O) groups is 1. The molecule has 0 bridgehead atoms. The van der Waals surface area contributed by atoms with Gasteiger partial charge in [0.2, 0.25) is 0 Å². The van der Waals surface area contributed by atoms with Crippen LogP contribution in [0.4, 0.5) is 0 Å².